The predicted molar refractivity (Wildman–Crippen MR) is 110 cm³/mol. The third-order valence-electron chi connectivity index (χ3n) is 4.28. The molecule has 0 aliphatic heterocycles. The van der Waals surface area contributed by atoms with E-state index in [1.54, 1.807) is 12.3 Å². The van der Waals surface area contributed by atoms with Crippen LogP contribution in [0.25, 0.3) is 0 Å². The SMILES string of the molecule is CN(Cc1ccccc1)c1ccc(C(=O)NCCc2ccc(Cl)cc2)cn1. The highest BCUT2D eigenvalue weighted by molar-refractivity contribution is 6.30. The van der Waals surface area contributed by atoms with Crippen LogP contribution < -0.4 is 10.2 Å². The summed E-state index contributed by atoms with van der Waals surface area (Å²) in [7, 11) is 1.99. The number of rotatable bonds is 7. The summed E-state index contributed by atoms with van der Waals surface area (Å²) < 4.78 is 0. The predicted octanol–water partition coefficient (Wildman–Crippen LogP) is 4.34. The second-order valence-electron chi connectivity index (χ2n) is 6.38. The fourth-order valence-corrected chi connectivity index (χ4v) is 2.88. The van der Waals surface area contributed by atoms with Gasteiger partial charge in [-0.3, -0.25) is 4.79 Å². The molecular formula is C22H22ClN3O. The molecule has 2 aromatic carbocycles. The molecule has 0 bridgehead atoms. The third kappa shape index (κ3) is 5.56. The van der Waals surface area contributed by atoms with Crippen LogP contribution in [0.3, 0.4) is 0 Å². The fourth-order valence-electron chi connectivity index (χ4n) is 2.76. The molecule has 0 spiro atoms. The fraction of sp³-hybridized carbons (Fsp3) is 0.182. The minimum atomic E-state index is -0.117. The van der Waals surface area contributed by atoms with Crippen molar-refractivity contribution in [1.29, 1.82) is 0 Å². The maximum Gasteiger partial charge on any atom is 0.252 e. The Morgan fingerprint density at radius 2 is 1.74 bits per heavy atom. The van der Waals surface area contributed by atoms with Gasteiger partial charge in [-0.05, 0) is 41.8 Å². The van der Waals surface area contributed by atoms with Crippen molar-refractivity contribution in [2.24, 2.45) is 0 Å². The number of hydrogen-bond donors (Lipinski definition) is 1. The number of halogens is 1. The van der Waals surface area contributed by atoms with E-state index < -0.39 is 0 Å². The lowest BCUT2D eigenvalue weighted by Crippen LogP contribution is -2.26. The lowest BCUT2D eigenvalue weighted by atomic mass is 10.1. The quantitative estimate of drug-likeness (QED) is 0.664. The molecule has 27 heavy (non-hydrogen) atoms. The van der Waals surface area contributed by atoms with Crippen LogP contribution >= 0.6 is 11.6 Å². The van der Waals surface area contributed by atoms with Crippen molar-refractivity contribution in [3.05, 3.63) is 94.6 Å². The molecule has 0 fully saturated rings. The first-order chi connectivity index (χ1) is 13.1. The normalized spacial score (nSPS) is 10.4. The molecule has 0 aliphatic carbocycles. The van der Waals surface area contributed by atoms with E-state index in [2.05, 4.69) is 27.3 Å². The summed E-state index contributed by atoms with van der Waals surface area (Å²) in [6, 6.07) is 21.5. The molecule has 3 rings (SSSR count). The first-order valence-electron chi connectivity index (χ1n) is 8.85. The molecule has 1 heterocycles. The molecule has 0 saturated carbocycles. The summed E-state index contributed by atoms with van der Waals surface area (Å²) in [6.07, 6.45) is 2.38. The molecule has 138 valence electrons. The number of aromatic nitrogens is 1. The van der Waals surface area contributed by atoms with Crippen molar-refractivity contribution in [2.75, 3.05) is 18.5 Å². The largest absolute Gasteiger partial charge is 0.355 e. The molecule has 1 N–H and O–H groups in total. The third-order valence-corrected chi connectivity index (χ3v) is 4.53. The molecular weight excluding hydrogens is 358 g/mol. The van der Waals surface area contributed by atoms with Gasteiger partial charge in [-0.15, -0.1) is 0 Å². The van der Waals surface area contributed by atoms with Crippen LogP contribution in [0.15, 0.2) is 72.9 Å². The molecule has 0 saturated heterocycles. The summed E-state index contributed by atoms with van der Waals surface area (Å²) in [5.41, 5.74) is 2.91. The molecule has 0 unspecified atom stereocenters. The average molecular weight is 380 g/mol. The highest BCUT2D eigenvalue weighted by atomic mass is 35.5. The van der Waals surface area contributed by atoms with Crippen LogP contribution in [0.4, 0.5) is 5.82 Å². The van der Waals surface area contributed by atoms with Crippen LogP contribution in [-0.4, -0.2) is 24.5 Å². The smallest absolute Gasteiger partial charge is 0.252 e. The van der Waals surface area contributed by atoms with Gasteiger partial charge in [0.15, 0.2) is 0 Å². The summed E-state index contributed by atoms with van der Waals surface area (Å²) >= 11 is 5.88. The number of nitrogens with zero attached hydrogens (tertiary/aromatic N) is 2. The first kappa shape index (κ1) is 18.9. The number of benzene rings is 2. The van der Waals surface area contributed by atoms with Crippen LogP contribution in [0, 0.1) is 0 Å². The Labute approximate surface area is 164 Å². The Morgan fingerprint density at radius 1 is 1.00 bits per heavy atom. The Hall–Kier alpha value is -2.85. The number of nitrogens with one attached hydrogen (secondary N) is 1. The highest BCUT2D eigenvalue weighted by Crippen LogP contribution is 2.13. The molecule has 0 radical (unpaired) electrons. The number of amides is 1. The van der Waals surface area contributed by atoms with E-state index in [1.165, 1.54) is 5.56 Å². The summed E-state index contributed by atoms with van der Waals surface area (Å²) in [5.74, 6) is 0.713. The van der Waals surface area contributed by atoms with E-state index in [9.17, 15) is 4.79 Å². The molecule has 0 atom stereocenters. The zero-order valence-electron chi connectivity index (χ0n) is 15.2. The van der Waals surface area contributed by atoms with Gasteiger partial charge in [0, 0.05) is 31.4 Å². The molecule has 1 amide bonds. The molecule has 5 heteroatoms. The van der Waals surface area contributed by atoms with Gasteiger partial charge < -0.3 is 10.2 Å². The summed E-state index contributed by atoms with van der Waals surface area (Å²) in [4.78, 5) is 18.8. The van der Waals surface area contributed by atoms with Crippen LogP contribution in [-0.2, 0) is 13.0 Å². The van der Waals surface area contributed by atoms with Gasteiger partial charge in [0.2, 0.25) is 0 Å². The first-order valence-corrected chi connectivity index (χ1v) is 9.23. The Bertz CT molecular complexity index is 864. The summed E-state index contributed by atoms with van der Waals surface area (Å²) in [6.45, 7) is 1.33. The topological polar surface area (TPSA) is 45.2 Å². The van der Waals surface area contributed by atoms with Crippen molar-refractivity contribution < 1.29 is 4.79 Å². The number of carbonyl (C=O) groups is 1. The van der Waals surface area contributed by atoms with Crippen molar-refractivity contribution in [2.45, 2.75) is 13.0 Å². The Kier molecular flexibility index (Phi) is 6.44. The van der Waals surface area contributed by atoms with E-state index in [0.717, 1.165) is 24.3 Å². The monoisotopic (exact) mass is 379 g/mol. The minimum Gasteiger partial charge on any atom is -0.355 e. The van der Waals surface area contributed by atoms with Crippen LogP contribution in [0.2, 0.25) is 5.02 Å². The van der Waals surface area contributed by atoms with E-state index in [1.807, 2.05) is 55.6 Å². The Morgan fingerprint density at radius 3 is 2.41 bits per heavy atom. The van der Waals surface area contributed by atoms with Gasteiger partial charge in [-0.25, -0.2) is 4.98 Å². The van der Waals surface area contributed by atoms with Crippen LogP contribution in [0.5, 0.6) is 0 Å². The molecule has 0 aliphatic rings. The van der Waals surface area contributed by atoms with Crippen molar-refractivity contribution in [1.82, 2.24) is 10.3 Å². The van der Waals surface area contributed by atoms with E-state index in [4.69, 9.17) is 11.6 Å². The maximum atomic E-state index is 12.3. The van der Waals surface area contributed by atoms with Crippen molar-refractivity contribution in [3.8, 4) is 0 Å². The second kappa shape index (κ2) is 9.19. The second-order valence-corrected chi connectivity index (χ2v) is 6.82. The van der Waals surface area contributed by atoms with Gasteiger partial charge in [0.05, 0.1) is 5.56 Å². The maximum absolute atomic E-state index is 12.3. The van der Waals surface area contributed by atoms with Crippen LogP contribution in [0.1, 0.15) is 21.5 Å². The van der Waals surface area contributed by atoms with Gasteiger partial charge in [0.1, 0.15) is 5.82 Å². The van der Waals surface area contributed by atoms with Gasteiger partial charge in [-0.1, -0.05) is 54.1 Å². The van der Waals surface area contributed by atoms with E-state index in [0.29, 0.717) is 17.1 Å². The molecule has 1 aromatic heterocycles. The number of carbonyl (C=O) groups excluding carboxylic acids is 1. The zero-order chi connectivity index (χ0) is 19.1. The number of hydrogen-bond acceptors (Lipinski definition) is 3. The lowest BCUT2D eigenvalue weighted by molar-refractivity contribution is 0.0954. The van der Waals surface area contributed by atoms with Gasteiger partial charge >= 0.3 is 0 Å². The van der Waals surface area contributed by atoms with Crippen molar-refractivity contribution >= 4 is 23.3 Å². The lowest BCUT2D eigenvalue weighted by Gasteiger charge is -2.18. The number of pyridine rings is 1. The minimum absolute atomic E-state index is 0.117. The van der Waals surface area contributed by atoms with Gasteiger partial charge in [-0.2, -0.15) is 0 Å². The van der Waals surface area contributed by atoms with E-state index >= 15 is 0 Å². The number of anilines is 1. The highest BCUT2D eigenvalue weighted by Gasteiger charge is 2.08. The van der Waals surface area contributed by atoms with Gasteiger partial charge in [0.25, 0.3) is 5.91 Å². The van der Waals surface area contributed by atoms with Crippen molar-refractivity contribution in [3.63, 3.8) is 0 Å². The molecule has 4 nitrogen and oxygen atoms in total. The standard InChI is InChI=1S/C22H22ClN3O/c1-26(16-18-5-3-2-4-6-18)21-12-9-19(15-25-21)22(27)24-14-13-17-7-10-20(23)11-8-17/h2-12,15H,13-14,16H2,1H3,(H,24,27). The Balaban J connectivity index is 1.51. The zero-order valence-corrected chi connectivity index (χ0v) is 16.0. The average Bonchev–Trinajstić information content (AvgIpc) is 2.70. The van der Waals surface area contributed by atoms with E-state index in [-0.39, 0.29) is 5.91 Å². The molecule has 3 aromatic rings. The summed E-state index contributed by atoms with van der Waals surface area (Å²) in [5, 5.41) is 3.64.